The maximum Gasteiger partial charge on any atom is 0.248 e. The summed E-state index contributed by atoms with van der Waals surface area (Å²) < 4.78 is 0. The first-order valence-electron chi connectivity index (χ1n) is 14.9. The van der Waals surface area contributed by atoms with Gasteiger partial charge in [-0.3, -0.25) is 28.8 Å². The largest absolute Gasteiger partial charge is 0.393 e. The third-order valence-electron chi connectivity index (χ3n) is 8.28. The Morgan fingerprint density at radius 1 is 0.860 bits per heavy atom. The summed E-state index contributed by atoms with van der Waals surface area (Å²) in [5.74, 6) is -3.57. The first kappa shape index (κ1) is 33.9. The van der Waals surface area contributed by atoms with Crippen LogP contribution in [-0.4, -0.2) is 105 Å². The van der Waals surface area contributed by atoms with Crippen molar-refractivity contribution in [3.05, 3.63) is 35.9 Å². The Balaban J connectivity index is 1.74. The van der Waals surface area contributed by atoms with Crippen LogP contribution in [0.4, 0.5) is 0 Å². The molecule has 12 heteroatoms. The van der Waals surface area contributed by atoms with E-state index in [1.54, 1.807) is 24.3 Å². The third-order valence-corrected chi connectivity index (χ3v) is 8.28. The van der Waals surface area contributed by atoms with Gasteiger partial charge in [0.15, 0.2) is 5.78 Å². The number of rotatable bonds is 13. The number of ketones is 2. The number of hydrogen-bond donors (Lipinski definition) is 4. The minimum absolute atomic E-state index is 0.168. The molecule has 2 aliphatic rings. The fourth-order valence-corrected chi connectivity index (χ4v) is 5.98. The van der Waals surface area contributed by atoms with Crippen molar-refractivity contribution >= 4 is 35.2 Å². The summed E-state index contributed by atoms with van der Waals surface area (Å²) in [7, 11) is 0. The standard InChI is InChI=1S/C31H44N4O8/c1-18(36)23(19(2)37)17-27(40)25-12-8-14-34(25)30(42)26-13-9-15-35(26)31(43)28(20(3)38)33-29(41)24(32-21(4)39)16-22-10-6-5-7-11-22/h5-7,10-11,18,20,23-26,28,36,38H,8-9,12-17H2,1-4H3,(H,32,39)(H,33,41)/t18-,20-,23+,24-,25+,26+,28+/m1/s1. The second kappa shape index (κ2) is 15.2. The Labute approximate surface area is 252 Å². The number of carbonyl (C=O) groups excluding carboxylic acids is 6. The van der Waals surface area contributed by atoms with Gasteiger partial charge in [-0.25, -0.2) is 0 Å². The van der Waals surface area contributed by atoms with Gasteiger partial charge in [-0.1, -0.05) is 30.3 Å². The lowest BCUT2D eigenvalue weighted by atomic mass is 9.90. The molecule has 2 aliphatic heterocycles. The second-order valence-electron chi connectivity index (χ2n) is 11.7. The van der Waals surface area contributed by atoms with E-state index in [0.717, 1.165) is 5.56 Å². The molecule has 12 nitrogen and oxygen atoms in total. The average Bonchev–Trinajstić information content (AvgIpc) is 3.64. The number of aliphatic hydroxyl groups excluding tert-OH is 2. The Morgan fingerprint density at radius 2 is 1.47 bits per heavy atom. The quantitative estimate of drug-likeness (QED) is 0.247. The Hall–Kier alpha value is -3.64. The molecule has 7 atom stereocenters. The van der Waals surface area contributed by atoms with Gasteiger partial charge in [-0.2, -0.15) is 0 Å². The monoisotopic (exact) mass is 600 g/mol. The van der Waals surface area contributed by atoms with Crippen LogP contribution in [0.15, 0.2) is 30.3 Å². The van der Waals surface area contributed by atoms with Crippen molar-refractivity contribution in [1.29, 1.82) is 0 Å². The van der Waals surface area contributed by atoms with Crippen molar-refractivity contribution in [3.8, 4) is 0 Å². The SMILES string of the molecule is CC(=O)N[C@H](Cc1ccccc1)C(=O)N[C@H](C(=O)N1CCC[C@H]1C(=O)N1CCC[C@H]1C(=O)C[C@H](C(C)=O)[C@@H](C)O)[C@@H](C)O. The fourth-order valence-electron chi connectivity index (χ4n) is 5.98. The predicted octanol–water partition coefficient (Wildman–Crippen LogP) is 0.127. The highest BCUT2D eigenvalue weighted by atomic mass is 16.3. The number of benzene rings is 1. The molecule has 0 unspecified atom stereocenters. The molecule has 1 aromatic carbocycles. The van der Waals surface area contributed by atoms with Gasteiger partial charge in [0.05, 0.1) is 18.2 Å². The summed E-state index contributed by atoms with van der Waals surface area (Å²) >= 11 is 0. The molecule has 0 aliphatic carbocycles. The smallest absolute Gasteiger partial charge is 0.248 e. The summed E-state index contributed by atoms with van der Waals surface area (Å²) in [4.78, 5) is 80.5. The van der Waals surface area contributed by atoms with E-state index in [0.29, 0.717) is 32.2 Å². The molecule has 0 saturated carbocycles. The Morgan fingerprint density at radius 3 is 2.02 bits per heavy atom. The lowest BCUT2D eigenvalue weighted by Gasteiger charge is -2.34. The zero-order chi connectivity index (χ0) is 31.8. The maximum atomic E-state index is 13.7. The van der Waals surface area contributed by atoms with Crippen molar-refractivity contribution in [3.63, 3.8) is 0 Å². The molecule has 0 aromatic heterocycles. The molecule has 43 heavy (non-hydrogen) atoms. The van der Waals surface area contributed by atoms with Crippen LogP contribution in [0, 0.1) is 5.92 Å². The van der Waals surface area contributed by atoms with E-state index < -0.39 is 65.9 Å². The molecule has 4 N–H and O–H groups in total. The minimum Gasteiger partial charge on any atom is -0.393 e. The molecule has 0 bridgehead atoms. The van der Waals surface area contributed by atoms with Gasteiger partial charge in [0.1, 0.15) is 23.9 Å². The Bertz CT molecular complexity index is 1190. The molecule has 0 radical (unpaired) electrons. The fraction of sp³-hybridized carbons (Fsp3) is 0.613. The van der Waals surface area contributed by atoms with Gasteiger partial charge < -0.3 is 30.6 Å². The van der Waals surface area contributed by atoms with Gasteiger partial charge in [0, 0.05) is 38.8 Å². The van der Waals surface area contributed by atoms with Crippen LogP contribution < -0.4 is 10.6 Å². The number of likely N-dealkylation sites (tertiary alicyclic amines) is 2. The van der Waals surface area contributed by atoms with Gasteiger partial charge in [-0.05, 0) is 52.0 Å². The summed E-state index contributed by atoms with van der Waals surface area (Å²) in [6.45, 7) is 5.97. The highest BCUT2D eigenvalue weighted by Crippen LogP contribution is 2.28. The van der Waals surface area contributed by atoms with E-state index in [1.807, 2.05) is 6.07 Å². The first-order valence-corrected chi connectivity index (χ1v) is 14.9. The van der Waals surface area contributed by atoms with Crippen molar-refractivity contribution in [2.45, 2.75) is 103 Å². The molecule has 2 heterocycles. The number of carbonyl (C=O) groups is 6. The first-order chi connectivity index (χ1) is 20.3. The highest BCUT2D eigenvalue weighted by molar-refractivity contribution is 5.97. The van der Waals surface area contributed by atoms with Gasteiger partial charge in [0.2, 0.25) is 23.6 Å². The lowest BCUT2D eigenvalue weighted by molar-refractivity contribution is -0.149. The van der Waals surface area contributed by atoms with Crippen molar-refractivity contribution in [2.75, 3.05) is 13.1 Å². The average molecular weight is 601 g/mol. The van der Waals surface area contributed by atoms with Crippen LogP contribution in [0.3, 0.4) is 0 Å². The topological polar surface area (TPSA) is 173 Å². The molecule has 2 fully saturated rings. The second-order valence-corrected chi connectivity index (χ2v) is 11.7. The Kier molecular flexibility index (Phi) is 12.0. The van der Waals surface area contributed by atoms with Crippen molar-refractivity contribution < 1.29 is 39.0 Å². The number of amides is 4. The number of Topliss-reactive ketones (excluding diaryl/α,β-unsaturated/α-hetero) is 2. The number of aliphatic hydroxyl groups is 2. The van der Waals surface area contributed by atoms with E-state index in [1.165, 1.54) is 37.5 Å². The predicted molar refractivity (Wildman–Crippen MR) is 156 cm³/mol. The molecule has 2 saturated heterocycles. The molecule has 0 spiro atoms. The summed E-state index contributed by atoms with van der Waals surface area (Å²) in [6.07, 6.45) is -0.423. The maximum absolute atomic E-state index is 13.7. The number of nitrogens with zero attached hydrogens (tertiary/aromatic N) is 2. The zero-order valence-corrected chi connectivity index (χ0v) is 25.3. The van der Waals surface area contributed by atoms with E-state index in [4.69, 9.17) is 0 Å². The number of hydrogen-bond acceptors (Lipinski definition) is 8. The van der Waals surface area contributed by atoms with E-state index in [9.17, 15) is 39.0 Å². The molecule has 236 valence electrons. The van der Waals surface area contributed by atoms with Gasteiger partial charge >= 0.3 is 0 Å². The lowest BCUT2D eigenvalue weighted by Crippen LogP contribution is -2.60. The zero-order valence-electron chi connectivity index (χ0n) is 25.3. The van der Waals surface area contributed by atoms with Crippen LogP contribution in [0.2, 0.25) is 0 Å². The molecule has 1 aromatic rings. The van der Waals surface area contributed by atoms with Crippen LogP contribution >= 0.6 is 0 Å². The van der Waals surface area contributed by atoms with Gasteiger partial charge in [0.25, 0.3) is 0 Å². The van der Waals surface area contributed by atoms with E-state index in [-0.39, 0.29) is 31.0 Å². The minimum atomic E-state index is -1.37. The van der Waals surface area contributed by atoms with E-state index in [2.05, 4.69) is 10.6 Å². The van der Waals surface area contributed by atoms with Gasteiger partial charge in [-0.15, -0.1) is 0 Å². The highest BCUT2D eigenvalue weighted by Gasteiger charge is 2.44. The summed E-state index contributed by atoms with van der Waals surface area (Å²) in [5, 5.41) is 25.7. The van der Waals surface area contributed by atoms with Crippen LogP contribution in [-0.2, 0) is 35.2 Å². The summed E-state index contributed by atoms with van der Waals surface area (Å²) in [5.41, 5.74) is 0.791. The normalized spacial score (nSPS) is 21.8. The molecular formula is C31H44N4O8. The molecular weight excluding hydrogens is 556 g/mol. The van der Waals surface area contributed by atoms with E-state index >= 15 is 0 Å². The molecule has 4 amide bonds. The van der Waals surface area contributed by atoms with Crippen LogP contribution in [0.1, 0.15) is 65.4 Å². The molecule has 3 rings (SSSR count). The number of nitrogens with one attached hydrogen (secondary N) is 2. The summed E-state index contributed by atoms with van der Waals surface area (Å²) in [6, 6.07) is 5.04. The van der Waals surface area contributed by atoms with Crippen molar-refractivity contribution in [2.24, 2.45) is 5.92 Å². The van der Waals surface area contributed by atoms with Crippen LogP contribution in [0.5, 0.6) is 0 Å². The van der Waals surface area contributed by atoms with Crippen LogP contribution in [0.25, 0.3) is 0 Å². The van der Waals surface area contributed by atoms with Crippen molar-refractivity contribution in [1.82, 2.24) is 20.4 Å². The third kappa shape index (κ3) is 8.70.